The molecule has 0 N–H and O–H groups in total. The smallest absolute Gasteiger partial charge is 0.293 e. The highest BCUT2D eigenvalue weighted by Gasteiger charge is 2.49. The van der Waals surface area contributed by atoms with Crippen LogP contribution in [0.1, 0.15) is 12.0 Å². The number of hydrogen-bond donors (Lipinski definition) is 0. The zero-order valence-corrected chi connectivity index (χ0v) is 11.2. The summed E-state index contributed by atoms with van der Waals surface area (Å²) in [6.45, 7) is 3.13. The van der Waals surface area contributed by atoms with Gasteiger partial charge in [-0.05, 0) is 19.0 Å². The molecule has 4 nitrogen and oxygen atoms in total. The second-order valence-electron chi connectivity index (χ2n) is 5.55. The maximum Gasteiger partial charge on any atom is 0.293 e. The molecular formula is C15H20N2O2. The van der Waals surface area contributed by atoms with Gasteiger partial charge in [0.1, 0.15) is 6.61 Å². The van der Waals surface area contributed by atoms with Gasteiger partial charge in [0.2, 0.25) is 0 Å². The minimum atomic E-state index is 0.332. The van der Waals surface area contributed by atoms with Crippen molar-refractivity contribution < 1.29 is 9.53 Å². The minimum Gasteiger partial charge on any atom is -0.466 e. The van der Waals surface area contributed by atoms with Crippen LogP contribution in [0, 0.1) is 0 Å². The van der Waals surface area contributed by atoms with E-state index in [4.69, 9.17) is 4.74 Å². The van der Waals surface area contributed by atoms with Crippen molar-refractivity contribution in [1.82, 2.24) is 9.80 Å². The summed E-state index contributed by atoms with van der Waals surface area (Å²) in [6.07, 6.45) is 1.23. The molecule has 0 aromatic heterocycles. The van der Waals surface area contributed by atoms with Gasteiger partial charge in [-0.2, -0.15) is 0 Å². The van der Waals surface area contributed by atoms with Crippen molar-refractivity contribution in [2.45, 2.75) is 31.1 Å². The molecule has 102 valence electrons. The number of nitrogens with zero attached hydrogens (tertiary/aromatic N) is 2. The van der Waals surface area contributed by atoms with Crippen LogP contribution in [0.15, 0.2) is 30.3 Å². The summed E-state index contributed by atoms with van der Waals surface area (Å²) in [5, 5.41) is 0. The van der Waals surface area contributed by atoms with E-state index in [9.17, 15) is 4.79 Å². The van der Waals surface area contributed by atoms with Gasteiger partial charge in [0.05, 0.1) is 6.04 Å². The van der Waals surface area contributed by atoms with Crippen molar-refractivity contribution in [3.8, 4) is 0 Å². The summed E-state index contributed by atoms with van der Waals surface area (Å²) in [5.74, 6) is 0. The highest BCUT2D eigenvalue weighted by molar-refractivity contribution is 5.37. The summed E-state index contributed by atoms with van der Waals surface area (Å²) in [6, 6.07) is 12.1. The van der Waals surface area contributed by atoms with Crippen LogP contribution < -0.4 is 0 Å². The molecule has 1 aromatic carbocycles. The van der Waals surface area contributed by atoms with Gasteiger partial charge in [0.15, 0.2) is 0 Å². The Balaban J connectivity index is 1.66. The van der Waals surface area contributed by atoms with Gasteiger partial charge in [0.25, 0.3) is 6.47 Å². The Morgan fingerprint density at radius 1 is 1.37 bits per heavy atom. The zero-order chi connectivity index (χ0) is 13.2. The normalized spacial score (nSPS) is 30.7. The highest BCUT2D eigenvalue weighted by Crippen LogP contribution is 2.37. The monoisotopic (exact) mass is 260 g/mol. The van der Waals surface area contributed by atoms with Crippen LogP contribution in [0.2, 0.25) is 0 Å². The molecule has 0 amide bonds. The van der Waals surface area contributed by atoms with E-state index in [0.717, 1.165) is 13.1 Å². The second kappa shape index (κ2) is 5.31. The minimum absolute atomic E-state index is 0.332. The molecule has 19 heavy (non-hydrogen) atoms. The number of carbonyl (C=O) groups is 1. The predicted octanol–water partition coefficient (Wildman–Crippen LogP) is 1.12. The molecule has 0 saturated carbocycles. The fraction of sp³-hybridized carbons (Fsp3) is 0.533. The van der Waals surface area contributed by atoms with Gasteiger partial charge >= 0.3 is 0 Å². The van der Waals surface area contributed by atoms with Crippen molar-refractivity contribution in [3.63, 3.8) is 0 Å². The third-order valence-corrected chi connectivity index (χ3v) is 4.46. The molecule has 1 aromatic rings. The largest absolute Gasteiger partial charge is 0.466 e. The van der Waals surface area contributed by atoms with E-state index in [1.807, 2.05) is 0 Å². The number of hydrogen-bond acceptors (Lipinski definition) is 4. The van der Waals surface area contributed by atoms with Gasteiger partial charge in [-0.25, -0.2) is 0 Å². The molecule has 3 aliphatic heterocycles. The van der Waals surface area contributed by atoms with Crippen LogP contribution in [0.5, 0.6) is 0 Å². The first-order valence-electron chi connectivity index (χ1n) is 6.84. The van der Waals surface area contributed by atoms with E-state index in [-0.39, 0.29) is 0 Å². The third kappa shape index (κ3) is 2.38. The van der Waals surface area contributed by atoms with Crippen LogP contribution in [-0.2, 0) is 16.1 Å². The van der Waals surface area contributed by atoms with Gasteiger partial charge in [-0.1, -0.05) is 30.3 Å². The number of likely N-dealkylation sites (N-methyl/N-ethyl adjacent to an activating group) is 1. The summed E-state index contributed by atoms with van der Waals surface area (Å²) < 4.78 is 4.99. The van der Waals surface area contributed by atoms with E-state index in [0.29, 0.717) is 31.2 Å². The molecule has 0 radical (unpaired) electrons. The van der Waals surface area contributed by atoms with Gasteiger partial charge in [-0.15, -0.1) is 0 Å². The summed E-state index contributed by atoms with van der Waals surface area (Å²) >= 11 is 0. The van der Waals surface area contributed by atoms with Crippen molar-refractivity contribution >= 4 is 6.47 Å². The SMILES string of the molecule is CN1CC2CC(C1COC=O)N2Cc1ccccc1. The van der Waals surface area contributed by atoms with Crippen LogP contribution in [0.3, 0.4) is 0 Å². The van der Waals surface area contributed by atoms with E-state index in [1.54, 1.807) is 0 Å². The van der Waals surface area contributed by atoms with E-state index >= 15 is 0 Å². The van der Waals surface area contributed by atoms with Gasteiger partial charge in [-0.3, -0.25) is 14.6 Å². The molecule has 3 fully saturated rings. The molecule has 3 unspecified atom stereocenters. The molecule has 3 heterocycles. The van der Waals surface area contributed by atoms with Gasteiger partial charge in [0, 0.05) is 25.2 Å². The van der Waals surface area contributed by atoms with Crippen molar-refractivity contribution in [2.75, 3.05) is 20.2 Å². The van der Waals surface area contributed by atoms with Crippen molar-refractivity contribution in [2.24, 2.45) is 0 Å². The van der Waals surface area contributed by atoms with Gasteiger partial charge < -0.3 is 4.74 Å². The maximum absolute atomic E-state index is 10.4. The topological polar surface area (TPSA) is 32.8 Å². The first-order valence-corrected chi connectivity index (χ1v) is 6.84. The number of ether oxygens (including phenoxy) is 1. The van der Waals surface area contributed by atoms with Crippen LogP contribution in [-0.4, -0.2) is 54.6 Å². The van der Waals surface area contributed by atoms with E-state index < -0.39 is 0 Å². The lowest BCUT2D eigenvalue weighted by Crippen LogP contribution is -2.72. The van der Waals surface area contributed by atoms with Crippen LogP contribution in [0.25, 0.3) is 0 Å². The molecule has 3 aliphatic rings. The molecule has 0 spiro atoms. The average molecular weight is 260 g/mol. The number of benzene rings is 1. The first-order chi connectivity index (χ1) is 9.29. The van der Waals surface area contributed by atoms with E-state index in [1.165, 1.54) is 12.0 Å². The highest BCUT2D eigenvalue weighted by atomic mass is 16.5. The molecule has 0 aliphatic carbocycles. The Labute approximate surface area is 113 Å². The van der Waals surface area contributed by atoms with Crippen molar-refractivity contribution in [1.29, 1.82) is 0 Å². The summed E-state index contributed by atoms with van der Waals surface area (Å²) in [4.78, 5) is 15.3. The Morgan fingerprint density at radius 2 is 2.16 bits per heavy atom. The number of fused-ring (bicyclic) bond motifs is 2. The lowest BCUT2D eigenvalue weighted by Gasteiger charge is -2.59. The number of carbonyl (C=O) groups excluding carboxylic acids is 1. The standard InChI is InChI=1S/C15H20N2O2/c1-16-9-13-7-14(15(16)10-19-11-18)17(13)8-12-5-3-2-4-6-12/h2-6,11,13-15H,7-10H2,1H3. The quantitative estimate of drug-likeness (QED) is 0.743. The molecule has 2 bridgehead atoms. The fourth-order valence-electron chi connectivity index (χ4n) is 3.42. The number of piperidine rings is 1. The average Bonchev–Trinajstić information content (AvgIpc) is 2.44. The Kier molecular flexibility index (Phi) is 3.53. The Bertz CT molecular complexity index is 437. The Hall–Kier alpha value is -1.39. The maximum atomic E-state index is 10.4. The van der Waals surface area contributed by atoms with Crippen LogP contribution in [0.4, 0.5) is 0 Å². The predicted molar refractivity (Wildman–Crippen MR) is 72.6 cm³/mol. The summed E-state index contributed by atoms with van der Waals surface area (Å²) in [5.41, 5.74) is 1.36. The lowest BCUT2D eigenvalue weighted by atomic mass is 9.81. The second-order valence-corrected chi connectivity index (χ2v) is 5.55. The van der Waals surface area contributed by atoms with Crippen LogP contribution >= 0.6 is 0 Å². The van der Waals surface area contributed by atoms with Crippen molar-refractivity contribution in [3.05, 3.63) is 35.9 Å². The molecule has 3 saturated heterocycles. The molecular weight excluding hydrogens is 240 g/mol. The fourth-order valence-corrected chi connectivity index (χ4v) is 3.42. The molecule has 4 heteroatoms. The Morgan fingerprint density at radius 3 is 2.89 bits per heavy atom. The first kappa shape index (κ1) is 12.6. The lowest BCUT2D eigenvalue weighted by molar-refractivity contribution is -0.142. The molecule has 4 rings (SSSR count). The molecule has 3 atom stereocenters. The third-order valence-electron chi connectivity index (χ3n) is 4.46. The number of rotatable bonds is 5. The zero-order valence-electron chi connectivity index (χ0n) is 11.2. The number of piperazine rings is 1. The summed E-state index contributed by atoms with van der Waals surface area (Å²) in [7, 11) is 2.12. The van der Waals surface area contributed by atoms with E-state index in [2.05, 4.69) is 47.2 Å².